The number of rotatable bonds is 4. The minimum Gasteiger partial charge on any atom is -0.267 e. The van der Waals surface area contributed by atoms with Gasteiger partial charge in [0.05, 0.1) is 16.3 Å². The van der Waals surface area contributed by atoms with E-state index in [1.807, 2.05) is 6.92 Å². The van der Waals surface area contributed by atoms with Crippen LogP contribution in [0.15, 0.2) is 23.1 Å². The van der Waals surface area contributed by atoms with Gasteiger partial charge in [-0.25, -0.2) is 16.8 Å². The molecule has 1 aromatic rings. The van der Waals surface area contributed by atoms with Crippen LogP contribution in [0.3, 0.4) is 0 Å². The van der Waals surface area contributed by atoms with E-state index in [-0.39, 0.29) is 16.7 Å². The van der Waals surface area contributed by atoms with Crippen molar-refractivity contribution < 1.29 is 16.8 Å². The van der Waals surface area contributed by atoms with E-state index in [0.29, 0.717) is 25.2 Å². The Kier molecular flexibility index (Phi) is 4.65. The highest BCUT2D eigenvalue weighted by molar-refractivity contribution is 7.92. The lowest BCUT2D eigenvalue weighted by Crippen LogP contribution is -2.36. The summed E-state index contributed by atoms with van der Waals surface area (Å²) in [5, 5.41) is 0. The lowest BCUT2D eigenvalue weighted by atomic mass is 10.1. The Morgan fingerprint density at radius 2 is 1.75 bits per heavy atom. The second-order valence-corrected chi connectivity index (χ2v) is 10.6. The fourth-order valence-corrected chi connectivity index (χ4v) is 6.50. The van der Waals surface area contributed by atoms with E-state index in [1.54, 1.807) is 25.1 Å². The van der Waals surface area contributed by atoms with Gasteiger partial charge in [-0.2, -0.15) is 4.31 Å². The lowest BCUT2D eigenvalue weighted by molar-refractivity contribution is 0.346. The highest BCUT2D eigenvalue weighted by Gasteiger charge is 2.35. The van der Waals surface area contributed by atoms with Crippen LogP contribution >= 0.6 is 0 Å². The first-order valence-electron chi connectivity index (χ1n) is 8.42. The topological polar surface area (TPSA) is 74.8 Å². The number of piperidine rings is 1. The van der Waals surface area contributed by atoms with Crippen LogP contribution in [0.1, 0.15) is 38.7 Å². The van der Waals surface area contributed by atoms with Gasteiger partial charge < -0.3 is 0 Å². The maximum absolute atomic E-state index is 12.8. The number of anilines is 1. The highest BCUT2D eigenvalue weighted by atomic mass is 32.2. The van der Waals surface area contributed by atoms with Crippen LogP contribution in [0.25, 0.3) is 0 Å². The van der Waals surface area contributed by atoms with Crippen molar-refractivity contribution in [1.82, 2.24) is 4.31 Å². The van der Waals surface area contributed by atoms with E-state index in [2.05, 4.69) is 0 Å². The minimum atomic E-state index is -3.49. The lowest BCUT2D eigenvalue weighted by Gasteiger charge is -2.26. The maximum atomic E-state index is 12.8. The average Bonchev–Trinajstić information content (AvgIpc) is 2.91. The summed E-state index contributed by atoms with van der Waals surface area (Å²) >= 11 is 0. The molecule has 2 aliphatic rings. The molecular weight excluding hydrogens is 348 g/mol. The molecule has 0 amide bonds. The highest BCUT2D eigenvalue weighted by Crippen LogP contribution is 2.36. The molecular formula is C16H24N2O4S2. The van der Waals surface area contributed by atoms with Crippen LogP contribution in [0.4, 0.5) is 5.69 Å². The fraction of sp³-hybridized carbons (Fsp3) is 0.625. The zero-order valence-electron chi connectivity index (χ0n) is 14.1. The van der Waals surface area contributed by atoms with Gasteiger partial charge in [0.2, 0.25) is 20.0 Å². The first-order valence-corrected chi connectivity index (χ1v) is 11.5. The van der Waals surface area contributed by atoms with Crippen molar-refractivity contribution in [2.75, 3.05) is 23.1 Å². The summed E-state index contributed by atoms with van der Waals surface area (Å²) in [6.07, 6.45) is 3.39. The summed E-state index contributed by atoms with van der Waals surface area (Å²) in [4.78, 5) is 0.270. The molecule has 1 saturated heterocycles. The molecule has 0 aliphatic carbocycles. The average molecular weight is 373 g/mol. The number of hydrogen-bond donors (Lipinski definition) is 0. The first kappa shape index (κ1) is 17.7. The molecule has 0 bridgehead atoms. The quantitative estimate of drug-likeness (QED) is 0.810. The number of nitrogens with zero attached hydrogens (tertiary/aromatic N) is 2. The molecule has 0 spiro atoms. The Bertz CT molecular complexity index is 828. The normalized spacial score (nSPS) is 22.6. The predicted molar refractivity (Wildman–Crippen MR) is 94.2 cm³/mol. The molecule has 3 rings (SSSR count). The molecule has 0 saturated carbocycles. The number of benzene rings is 1. The number of fused-ring (bicyclic) bond motifs is 1. The molecule has 0 N–H and O–H groups in total. The predicted octanol–water partition coefficient (Wildman–Crippen LogP) is 1.96. The molecule has 0 unspecified atom stereocenters. The standard InChI is InChI=1S/C16H24N2O4S2/c1-3-23(19,20)18-13(2)11-14-12-15(7-8-16(14)18)24(21,22)17-9-5-4-6-10-17/h7-8,12-13H,3-6,9-11H2,1-2H3/t13-/m1/s1. The van der Waals surface area contributed by atoms with E-state index in [4.69, 9.17) is 0 Å². The molecule has 1 atom stereocenters. The third-order valence-corrected chi connectivity index (χ3v) is 8.60. The Hall–Kier alpha value is -1.12. The van der Waals surface area contributed by atoms with Crippen molar-refractivity contribution in [2.45, 2.75) is 50.5 Å². The summed E-state index contributed by atoms with van der Waals surface area (Å²) in [5.41, 5.74) is 1.40. The molecule has 134 valence electrons. The van der Waals surface area contributed by atoms with Crippen LogP contribution in [0.2, 0.25) is 0 Å². The van der Waals surface area contributed by atoms with Crippen molar-refractivity contribution in [3.63, 3.8) is 0 Å². The largest absolute Gasteiger partial charge is 0.267 e. The zero-order valence-corrected chi connectivity index (χ0v) is 15.7. The van der Waals surface area contributed by atoms with E-state index in [0.717, 1.165) is 24.8 Å². The van der Waals surface area contributed by atoms with E-state index >= 15 is 0 Å². The Morgan fingerprint density at radius 3 is 2.38 bits per heavy atom. The molecule has 1 aromatic carbocycles. The minimum absolute atomic E-state index is 0.0323. The van der Waals surface area contributed by atoms with Gasteiger partial charge in [0, 0.05) is 19.1 Å². The van der Waals surface area contributed by atoms with E-state index in [9.17, 15) is 16.8 Å². The molecule has 1 fully saturated rings. The van der Waals surface area contributed by atoms with Gasteiger partial charge in [0.1, 0.15) is 0 Å². The van der Waals surface area contributed by atoms with Crippen molar-refractivity contribution in [1.29, 1.82) is 0 Å². The van der Waals surface area contributed by atoms with Crippen LogP contribution in [-0.4, -0.2) is 46.0 Å². The van der Waals surface area contributed by atoms with Crippen molar-refractivity contribution in [3.05, 3.63) is 23.8 Å². The monoisotopic (exact) mass is 372 g/mol. The van der Waals surface area contributed by atoms with Gasteiger partial charge in [-0.1, -0.05) is 6.42 Å². The van der Waals surface area contributed by atoms with Crippen LogP contribution < -0.4 is 4.31 Å². The summed E-state index contributed by atoms with van der Waals surface area (Å²) in [5.74, 6) is 0.0323. The Morgan fingerprint density at radius 1 is 1.08 bits per heavy atom. The van der Waals surface area contributed by atoms with Crippen molar-refractivity contribution >= 4 is 25.7 Å². The molecule has 0 aromatic heterocycles. The molecule has 2 aliphatic heterocycles. The second kappa shape index (κ2) is 6.31. The fourth-order valence-electron chi connectivity index (χ4n) is 3.56. The second-order valence-electron chi connectivity index (χ2n) is 6.50. The first-order chi connectivity index (χ1) is 11.3. The van der Waals surface area contributed by atoms with Gasteiger partial charge in [-0.3, -0.25) is 4.31 Å². The zero-order chi connectivity index (χ0) is 17.5. The SMILES string of the molecule is CCS(=O)(=O)N1c2ccc(S(=O)(=O)N3CCCCC3)cc2C[C@H]1C. The van der Waals surface area contributed by atoms with Gasteiger partial charge in [0.15, 0.2) is 0 Å². The van der Waals surface area contributed by atoms with Gasteiger partial charge in [-0.05, 0) is 56.9 Å². The molecule has 2 heterocycles. The van der Waals surface area contributed by atoms with Crippen LogP contribution in [0.5, 0.6) is 0 Å². The summed E-state index contributed by atoms with van der Waals surface area (Å²) in [7, 11) is -6.85. The molecule has 8 heteroatoms. The number of sulfonamides is 2. The van der Waals surface area contributed by atoms with Gasteiger partial charge in [-0.15, -0.1) is 0 Å². The summed E-state index contributed by atoms with van der Waals surface area (Å²) < 4.78 is 53.2. The van der Waals surface area contributed by atoms with Gasteiger partial charge >= 0.3 is 0 Å². The third-order valence-electron chi connectivity index (χ3n) is 4.82. The summed E-state index contributed by atoms with van der Waals surface area (Å²) in [6, 6.07) is 4.65. The summed E-state index contributed by atoms with van der Waals surface area (Å²) in [6.45, 7) is 4.60. The molecule has 6 nitrogen and oxygen atoms in total. The maximum Gasteiger partial charge on any atom is 0.243 e. The van der Waals surface area contributed by atoms with E-state index in [1.165, 1.54) is 8.61 Å². The third kappa shape index (κ3) is 2.95. The number of hydrogen-bond acceptors (Lipinski definition) is 4. The Balaban J connectivity index is 1.98. The van der Waals surface area contributed by atoms with Crippen LogP contribution in [0, 0.1) is 0 Å². The van der Waals surface area contributed by atoms with E-state index < -0.39 is 20.0 Å². The smallest absolute Gasteiger partial charge is 0.243 e. The van der Waals surface area contributed by atoms with Gasteiger partial charge in [0.25, 0.3) is 0 Å². The Labute approximate surface area is 144 Å². The van der Waals surface area contributed by atoms with Crippen molar-refractivity contribution in [3.8, 4) is 0 Å². The molecule has 0 radical (unpaired) electrons. The van der Waals surface area contributed by atoms with Crippen molar-refractivity contribution in [2.24, 2.45) is 0 Å². The molecule has 24 heavy (non-hydrogen) atoms. The van der Waals surface area contributed by atoms with Crippen LogP contribution in [-0.2, 0) is 26.5 Å².